The lowest BCUT2D eigenvalue weighted by Gasteiger charge is -2.25. The Bertz CT molecular complexity index is 690. The first-order valence-corrected chi connectivity index (χ1v) is 8.12. The van der Waals surface area contributed by atoms with E-state index in [1.54, 1.807) is 6.07 Å². The molecule has 0 aliphatic carbocycles. The molecule has 0 saturated heterocycles. The van der Waals surface area contributed by atoms with Gasteiger partial charge >= 0.3 is 0 Å². The van der Waals surface area contributed by atoms with Crippen molar-refractivity contribution in [3.05, 3.63) is 53.8 Å². The maximum atomic E-state index is 13.9. The van der Waals surface area contributed by atoms with E-state index < -0.39 is 16.6 Å². The average molecular weight is 305 g/mol. The van der Waals surface area contributed by atoms with Gasteiger partial charge in [-0.1, -0.05) is 18.2 Å². The molecule has 2 atom stereocenters. The van der Waals surface area contributed by atoms with Crippen LogP contribution in [0.15, 0.2) is 47.4 Å². The van der Waals surface area contributed by atoms with E-state index in [0.29, 0.717) is 18.0 Å². The van der Waals surface area contributed by atoms with E-state index in [9.17, 15) is 8.60 Å². The van der Waals surface area contributed by atoms with Gasteiger partial charge in [-0.3, -0.25) is 4.21 Å². The lowest BCUT2D eigenvalue weighted by molar-refractivity contribution is 0.273. The van der Waals surface area contributed by atoms with Crippen molar-refractivity contribution < 1.29 is 13.3 Å². The van der Waals surface area contributed by atoms with E-state index in [1.165, 1.54) is 12.1 Å². The fourth-order valence-corrected chi connectivity index (χ4v) is 3.95. The van der Waals surface area contributed by atoms with Gasteiger partial charge in [-0.2, -0.15) is 0 Å². The van der Waals surface area contributed by atoms with Gasteiger partial charge in [-0.25, -0.2) is 4.39 Å². The zero-order valence-corrected chi connectivity index (χ0v) is 12.2. The Morgan fingerprint density at radius 3 is 2.90 bits per heavy atom. The molecular weight excluding hydrogens is 289 g/mol. The van der Waals surface area contributed by atoms with Gasteiger partial charge in [-0.05, 0) is 36.2 Å². The number of para-hydroxylation sites is 1. The van der Waals surface area contributed by atoms with E-state index in [0.717, 1.165) is 17.7 Å². The predicted molar refractivity (Wildman–Crippen MR) is 81.4 cm³/mol. The largest absolute Gasteiger partial charge is 0.493 e. The second-order valence-electron chi connectivity index (χ2n) is 5.07. The maximum Gasteiger partial charge on any atom is 0.141 e. The summed E-state index contributed by atoms with van der Waals surface area (Å²) in [6, 6.07) is 12.0. The first-order chi connectivity index (χ1) is 10.1. The third-order valence-electron chi connectivity index (χ3n) is 3.64. The van der Waals surface area contributed by atoms with Crippen LogP contribution in [0.3, 0.4) is 0 Å². The minimum Gasteiger partial charge on any atom is -0.493 e. The number of hydrogen-bond donors (Lipinski definition) is 1. The third-order valence-corrected chi connectivity index (χ3v) is 5.16. The van der Waals surface area contributed by atoms with Crippen molar-refractivity contribution >= 4 is 16.5 Å². The summed E-state index contributed by atoms with van der Waals surface area (Å²) < 4.78 is 31.9. The number of hydrogen-bond acceptors (Lipinski definition) is 3. The summed E-state index contributed by atoms with van der Waals surface area (Å²) in [5.74, 6) is 0.839. The number of benzene rings is 2. The molecule has 0 bridgehead atoms. The van der Waals surface area contributed by atoms with Crippen LogP contribution in [-0.2, 0) is 10.8 Å². The summed E-state index contributed by atoms with van der Waals surface area (Å²) in [5, 5.41) is 0. The monoisotopic (exact) mass is 305 g/mol. The number of ether oxygens (including phenoxy) is 1. The molecule has 0 saturated carbocycles. The van der Waals surface area contributed by atoms with Crippen LogP contribution >= 0.6 is 0 Å². The Hall–Kier alpha value is -1.88. The molecule has 5 heteroatoms. The summed E-state index contributed by atoms with van der Waals surface area (Å²) in [6.07, 6.45) is 0.791. The van der Waals surface area contributed by atoms with Gasteiger partial charge in [0.05, 0.1) is 22.3 Å². The Labute approximate surface area is 125 Å². The van der Waals surface area contributed by atoms with Crippen molar-refractivity contribution in [2.24, 2.45) is 0 Å². The smallest absolute Gasteiger partial charge is 0.141 e. The third kappa shape index (κ3) is 2.93. The Morgan fingerprint density at radius 2 is 2.10 bits per heavy atom. The molecule has 21 heavy (non-hydrogen) atoms. The molecule has 3 rings (SSSR count). The van der Waals surface area contributed by atoms with E-state index in [1.807, 2.05) is 24.3 Å². The summed E-state index contributed by atoms with van der Waals surface area (Å²) in [4.78, 5) is 0.216. The standard InChI is InChI=1S/C16H16FNO2S/c17-14-9-12(18)5-6-16(14)21(19)10-11-7-8-20-15-4-2-1-3-13(11)15/h1-6,9,11H,7-8,10,18H2. The highest BCUT2D eigenvalue weighted by atomic mass is 32.2. The van der Waals surface area contributed by atoms with Crippen molar-refractivity contribution in [1.82, 2.24) is 0 Å². The van der Waals surface area contributed by atoms with E-state index in [2.05, 4.69) is 0 Å². The zero-order valence-electron chi connectivity index (χ0n) is 11.4. The number of nitrogen functional groups attached to an aromatic ring is 1. The number of rotatable bonds is 3. The molecule has 0 fully saturated rings. The Balaban J connectivity index is 1.83. The minimum absolute atomic E-state index is 0.118. The Morgan fingerprint density at radius 1 is 1.29 bits per heavy atom. The molecule has 0 amide bonds. The molecule has 2 aromatic carbocycles. The average Bonchev–Trinajstić information content (AvgIpc) is 2.47. The second-order valence-corrected chi connectivity index (χ2v) is 6.54. The van der Waals surface area contributed by atoms with Crippen molar-refractivity contribution in [1.29, 1.82) is 0 Å². The van der Waals surface area contributed by atoms with Gasteiger partial charge in [-0.15, -0.1) is 0 Å². The first kappa shape index (κ1) is 14.1. The summed E-state index contributed by atoms with van der Waals surface area (Å²) in [5.41, 5.74) is 6.91. The maximum absolute atomic E-state index is 13.9. The SMILES string of the molecule is Nc1ccc(S(=O)CC2CCOc3ccccc32)c(F)c1. The van der Waals surface area contributed by atoms with Gasteiger partial charge in [0.15, 0.2) is 0 Å². The van der Waals surface area contributed by atoms with Crippen molar-refractivity contribution in [2.75, 3.05) is 18.1 Å². The molecule has 2 aromatic rings. The van der Waals surface area contributed by atoms with Gasteiger partial charge in [0.25, 0.3) is 0 Å². The number of nitrogens with two attached hydrogens (primary N) is 1. The van der Waals surface area contributed by atoms with Crippen LogP contribution < -0.4 is 10.5 Å². The van der Waals surface area contributed by atoms with Gasteiger partial charge in [0.2, 0.25) is 0 Å². The molecule has 0 spiro atoms. The number of halogens is 1. The molecule has 2 N–H and O–H groups in total. The lowest BCUT2D eigenvalue weighted by Crippen LogP contribution is -2.19. The summed E-state index contributed by atoms with van der Waals surface area (Å²) in [6.45, 7) is 0.600. The minimum atomic E-state index is -1.39. The van der Waals surface area contributed by atoms with Crippen molar-refractivity contribution in [3.63, 3.8) is 0 Å². The normalized spacial score (nSPS) is 18.6. The molecule has 0 radical (unpaired) electrons. The second kappa shape index (κ2) is 5.85. The summed E-state index contributed by atoms with van der Waals surface area (Å²) in [7, 11) is -1.39. The van der Waals surface area contributed by atoms with E-state index in [-0.39, 0.29) is 10.8 Å². The zero-order chi connectivity index (χ0) is 14.8. The van der Waals surface area contributed by atoms with Gasteiger partial charge in [0, 0.05) is 17.4 Å². The molecule has 3 nitrogen and oxygen atoms in total. The Kier molecular flexibility index (Phi) is 3.92. The molecular formula is C16H16FNO2S. The van der Waals surface area contributed by atoms with Gasteiger partial charge in [0.1, 0.15) is 11.6 Å². The highest BCUT2D eigenvalue weighted by Gasteiger charge is 2.24. The lowest BCUT2D eigenvalue weighted by atomic mass is 9.95. The highest BCUT2D eigenvalue weighted by Crippen LogP contribution is 2.34. The molecule has 110 valence electrons. The van der Waals surface area contributed by atoms with Crippen LogP contribution in [0.25, 0.3) is 0 Å². The summed E-state index contributed by atoms with van der Waals surface area (Å²) >= 11 is 0. The van der Waals surface area contributed by atoms with E-state index in [4.69, 9.17) is 10.5 Å². The number of fused-ring (bicyclic) bond motifs is 1. The van der Waals surface area contributed by atoms with Crippen LogP contribution in [0.4, 0.5) is 10.1 Å². The fraction of sp³-hybridized carbons (Fsp3) is 0.250. The quantitative estimate of drug-likeness (QED) is 0.887. The van der Waals surface area contributed by atoms with Crippen LogP contribution in [0.5, 0.6) is 5.75 Å². The first-order valence-electron chi connectivity index (χ1n) is 6.80. The number of anilines is 1. The van der Waals surface area contributed by atoms with Crippen molar-refractivity contribution in [3.8, 4) is 5.75 Å². The topological polar surface area (TPSA) is 52.3 Å². The van der Waals surface area contributed by atoms with Crippen LogP contribution in [0.2, 0.25) is 0 Å². The predicted octanol–water partition coefficient (Wildman–Crippen LogP) is 3.08. The van der Waals surface area contributed by atoms with Gasteiger partial charge < -0.3 is 10.5 Å². The molecule has 2 unspecified atom stereocenters. The fourth-order valence-electron chi connectivity index (χ4n) is 2.56. The molecule has 1 heterocycles. The van der Waals surface area contributed by atoms with Crippen LogP contribution in [0.1, 0.15) is 17.9 Å². The molecule has 1 aliphatic rings. The van der Waals surface area contributed by atoms with Crippen LogP contribution in [-0.4, -0.2) is 16.6 Å². The highest BCUT2D eigenvalue weighted by molar-refractivity contribution is 7.85. The van der Waals surface area contributed by atoms with E-state index >= 15 is 0 Å². The van der Waals surface area contributed by atoms with Crippen molar-refractivity contribution in [2.45, 2.75) is 17.2 Å². The molecule has 0 aromatic heterocycles. The molecule has 1 aliphatic heterocycles. The van der Waals surface area contributed by atoms with Crippen LogP contribution in [0, 0.1) is 5.82 Å².